The number of rotatable bonds is 5. The van der Waals surface area contributed by atoms with Crippen LogP contribution >= 0.6 is 0 Å². The average molecular weight is 287 g/mol. The minimum Gasteiger partial charge on any atom is -0.324 e. The van der Waals surface area contributed by atoms with E-state index in [2.05, 4.69) is 15.6 Å². The minimum atomic E-state index is -0.253. The smallest absolute Gasteiger partial charge is 0.246 e. The number of carbonyl (C=O) groups is 2. The fourth-order valence-corrected chi connectivity index (χ4v) is 1.76. The van der Waals surface area contributed by atoms with Gasteiger partial charge in [-0.3, -0.25) is 9.59 Å². The van der Waals surface area contributed by atoms with Crippen LogP contribution in [0.2, 0.25) is 0 Å². The summed E-state index contributed by atoms with van der Waals surface area (Å²) in [5.41, 5.74) is 7.42. The van der Waals surface area contributed by atoms with Crippen molar-refractivity contribution in [1.29, 1.82) is 0 Å². The molecule has 21 heavy (non-hydrogen) atoms. The van der Waals surface area contributed by atoms with Crippen molar-refractivity contribution in [3.8, 4) is 0 Å². The number of benzene rings is 1. The molecule has 2 rings (SSSR count). The number of aromatic nitrogens is 3. The average Bonchev–Trinajstić information content (AvgIpc) is 2.87. The summed E-state index contributed by atoms with van der Waals surface area (Å²) in [5, 5.41) is 10.4. The molecular weight excluding hydrogens is 270 g/mol. The van der Waals surface area contributed by atoms with Crippen LogP contribution in [0.15, 0.2) is 30.5 Å². The van der Waals surface area contributed by atoms with E-state index in [1.807, 2.05) is 0 Å². The molecule has 7 heteroatoms. The molecule has 0 radical (unpaired) electrons. The Hall–Kier alpha value is -2.54. The van der Waals surface area contributed by atoms with E-state index in [9.17, 15) is 9.59 Å². The van der Waals surface area contributed by atoms with E-state index in [0.717, 1.165) is 0 Å². The standard InChI is InChI=1S/C14H17N5O2/c1-9(15)13-7-19(18-17-13)8-14(21)16-12-5-3-4-11(6-12)10(2)20/h3-7,9H,8,15H2,1-2H3,(H,16,21). The Kier molecular flexibility index (Phi) is 4.44. The Balaban J connectivity index is 2.01. The number of nitrogens with one attached hydrogen (secondary N) is 1. The van der Waals surface area contributed by atoms with Gasteiger partial charge in [0.1, 0.15) is 6.54 Å². The van der Waals surface area contributed by atoms with Crippen LogP contribution in [-0.4, -0.2) is 26.7 Å². The SMILES string of the molecule is CC(=O)c1cccc(NC(=O)Cn2cc(C(C)N)nn2)c1. The lowest BCUT2D eigenvalue weighted by Crippen LogP contribution is -2.19. The molecule has 1 atom stereocenters. The van der Waals surface area contributed by atoms with Gasteiger partial charge in [0, 0.05) is 17.3 Å². The molecule has 1 aromatic heterocycles. The molecule has 0 spiro atoms. The molecular formula is C14H17N5O2. The highest BCUT2D eigenvalue weighted by Crippen LogP contribution is 2.11. The molecule has 0 fully saturated rings. The van der Waals surface area contributed by atoms with Crippen LogP contribution in [0.25, 0.3) is 0 Å². The normalized spacial score (nSPS) is 12.0. The van der Waals surface area contributed by atoms with E-state index in [1.165, 1.54) is 11.6 Å². The quantitative estimate of drug-likeness (QED) is 0.803. The summed E-state index contributed by atoms with van der Waals surface area (Å²) in [6, 6.07) is 6.54. The van der Waals surface area contributed by atoms with Crippen LogP contribution in [-0.2, 0) is 11.3 Å². The minimum absolute atomic E-state index is 0.0318. The summed E-state index contributed by atoms with van der Waals surface area (Å²) in [4.78, 5) is 23.2. The second-order valence-corrected chi connectivity index (χ2v) is 4.81. The predicted octanol–water partition coefficient (Wildman–Crippen LogP) is 1.14. The summed E-state index contributed by atoms with van der Waals surface area (Å²) in [6.07, 6.45) is 1.64. The molecule has 0 bridgehead atoms. The summed E-state index contributed by atoms with van der Waals surface area (Å²) in [7, 11) is 0. The number of carbonyl (C=O) groups excluding carboxylic acids is 2. The molecule has 1 unspecified atom stereocenters. The fourth-order valence-electron chi connectivity index (χ4n) is 1.76. The number of nitrogens with two attached hydrogens (primary N) is 1. The van der Waals surface area contributed by atoms with Gasteiger partial charge in [0.15, 0.2) is 5.78 Å². The van der Waals surface area contributed by atoms with Crippen LogP contribution in [0.4, 0.5) is 5.69 Å². The Labute approximate surface area is 122 Å². The largest absolute Gasteiger partial charge is 0.324 e. The van der Waals surface area contributed by atoms with E-state index in [1.54, 1.807) is 37.4 Å². The summed E-state index contributed by atoms with van der Waals surface area (Å²) in [5.74, 6) is -0.305. The Morgan fingerprint density at radius 3 is 2.81 bits per heavy atom. The predicted molar refractivity (Wildman–Crippen MR) is 77.7 cm³/mol. The first-order valence-corrected chi connectivity index (χ1v) is 6.52. The van der Waals surface area contributed by atoms with Crippen molar-refractivity contribution in [3.05, 3.63) is 41.7 Å². The third-order valence-corrected chi connectivity index (χ3v) is 2.88. The molecule has 0 aliphatic heterocycles. The van der Waals surface area contributed by atoms with Gasteiger partial charge in [-0.05, 0) is 26.0 Å². The van der Waals surface area contributed by atoms with Crippen molar-refractivity contribution in [3.63, 3.8) is 0 Å². The number of amides is 1. The van der Waals surface area contributed by atoms with Gasteiger partial charge in [-0.15, -0.1) is 5.10 Å². The molecule has 7 nitrogen and oxygen atoms in total. The van der Waals surface area contributed by atoms with E-state index < -0.39 is 0 Å². The number of nitrogens with zero attached hydrogens (tertiary/aromatic N) is 3. The van der Waals surface area contributed by atoms with Crippen molar-refractivity contribution in [2.24, 2.45) is 5.73 Å². The van der Waals surface area contributed by atoms with Gasteiger partial charge in [-0.2, -0.15) is 0 Å². The van der Waals surface area contributed by atoms with E-state index in [4.69, 9.17) is 5.73 Å². The molecule has 0 aliphatic rings. The summed E-state index contributed by atoms with van der Waals surface area (Å²) in [6.45, 7) is 3.30. The van der Waals surface area contributed by atoms with Crippen LogP contribution in [0, 0.1) is 0 Å². The topological polar surface area (TPSA) is 103 Å². The van der Waals surface area contributed by atoms with Crippen LogP contribution in [0.1, 0.15) is 35.9 Å². The number of anilines is 1. The number of ketones is 1. The van der Waals surface area contributed by atoms with Crippen molar-refractivity contribution in [1.82, 2.24) is 15.0 Å². The maximum Gasteiger partial charge on any atom is 0.246 e. The lowest BCUT2D eigenvalue weighted by molar-refractivity contribution is -0.116. The maximum atomic E-state index is 11.9. The highest BCUT2D eigenvalue weighted by Gasteiger charge is 2.09. The zero-order chi connectivity index (χ0) is 15.4. The zero-order valence-electron chi connectivity index (χ0n) is 11.9. The zero-order valence-corrected chi connectivity index (χ0v) is 11.9. The summed E-state index contributed by atoms with van der Waals surface area (Å²) < 4.78 is 1.42. The Bertz CT molecular complexity index is 663. The first-order valence-electron chi connectivity index (χ1n) is 6.52. The Morgan fingerprint density at radius 1 is 1.43 bits per heavy atom. The van der Waals surface area contributed by atoms with Gasteiger partial charge in [-0.1, -0.05) is 17.3 Å². The third kappa shape index (κ3) is 3.96. The summed E-state index contributed by atoms with van der Waals surface area (Å²) >= 11 is 0. The molecule has 0 aliphatic carbocycles. The van der Waals surface area contributed by atoms with Gasteiger partial charge in [0.25, 0.3) is 0 Å². The third-order valence-electron chi connectivity index (χ3n) is 2.88. The van der Waals surface area contributed by atoms with Gasteiger partial charge >= 0.3 is 0 Å². The number of hydrogen-bond acceptors (Lipinski definition) is 5. The first-order chi connectivity index (χ1) is 9.95. The first kappa shape index (κ1) is 14.9. The van der Waals surface area contributed by atoms with E-state index in [-0.39, 0.29) is 24.3 Å². The molecule has 3 N–H and O–H groups in total. The van der Waals surface area contributed by atoms with Crippen molar-refractivity contribution < 1.29 is 9.59 Å². The number of Topliss-reactive ketones (excluding diaryl/α,β-unsaturated/α-hetero) is 1. The van der Waals surface area contributed by atoms with E-state index >= 15 is 0 Å². The monoisotopic (exact) mass is 287 g/mol. The number of hydrogen-bond donors (Lipinski definition) is 2. The maximum absolute atomic E-state index is 11.9. The fraction of sp³-hybridized carbons (Fsp3) is 0.286. The van der Waals surface area contributed by atoms with Gasteiger partial charge < -0.3 is 11.1 Å². The van der Waals surface area contributed by atoms with E-state index in [0.29, 0.717) is 16.9 Å². The molecule has 1 aromatic carbocycles. The molecule has 2 aromatic rings. The van der Waals surface area contributed by atoms with Gasteiger partial charge in [0.2, 0.25) is 5.91 Å². The lowest BCUT2D eigenvalue weighted by atomic mass is 10.1. The highest BCUT2D eigenvalue weighted by molar-refractivity contribution is 5.97. The van der Waals surface area contributed by atoms with Crippen LogP contribution in [0.3, 0.4) is 0 Å². The molecule has 1 amide bonds. The molecule has 1 heterocycles. The van der Waals surface area contributed by atoms with Crippen molar-refractivity contribution in [2.45, 2.75) is 26.4 Å². The second kappa shape index (κ2) is 6.27. The van der Waals surface area contributed by atoms with Gasteiger partial charge in [-0.25, -0.2) is 4.68 Å². The molecule has 0 saturated carbocycles. The second-order valence-electron chi connectivity index (χ2n) is 4.81. The lowest BCUT2D eigenvalue weighted by Gasteiger charge is -2.06. The Morgan fingerprint density at radius 2 is 2.19 bits per heavy atom. The van der Waals surface area contributed by atoms with Gasteiger partial charge in [0.05, 0.1) is 11.9 Å². The molecule has 110 valence electrons. The van der Waals surface area contributed by atoms with Crippen molar-refractivity contribution in [2.75, 3.05) is 5.32 Å². The molecule has 0 saturated heterocycles. The van der Waals surface area contributed by atoms with Crippen LogP contribution < -0.4 is 11.1 Å². The highest BCUT2D eigenvalue weighted by atomic mass is 16.2. The van der Waals surface area contributed by atoms with Crippen LogP contribution in [0.5, 0.6) is 0 Å². The van der Waals surface area contributed by atoms with Crippen molar-refractivity contribution >= 4 is 17.4 Å².